The highest BCUT2D eigenvalue weighted by molar-refractivity contribution is 5.59. The van der Waals surface area contributed by atoms with Crippen LogP contribution in [0.25, 0.3) is 11.4 Å². The molecule has 0 spiro atoms. The fourth-order valence-electron chi connectivity index (χ4n) is 1.73. The molecule has 0 radical (unpaired) electrons. The van der Waals surface area contributed by atoms with Crippen molar-refractivity contribution in [2.75, 3.05) is 12.4 Å². The van der Waals surface area contributed by atoms with Crippen molar-refractivity contribution in [3.63, 3.8) is 0 Å². The van der Waals surface area contributed by atoms with Gasteiger partial charge in [-0.05, 0) is 12.8 Å². The van der Waals surface area contributed by atoms with E-state index in [4.69, 9.17) is 0 Å². The number of nitrogens with zero attached hydrogens (tertiary/aromatic N) is 4. The van der Waals surface area contributed by atoms with Gasteiger partial charge in [0, 0.05) is 31.5 Å². The van der Waals surface area contributed by atoms with Gasteiger partial charge in [-0.25, -0.2) is 9.97 Å². The monoisotopic (exact) mass is 245 g/mol. The van der Waals surface area contributed by atoms with Crippen LogP contribution in [-0.4, -0.2) is 26.8 Å². The second kappa shape index (κ2) is 4.76. The van der Waals surface area contributed by atoms with Crippen molar-refractivity contribution in [2.24, 2.45) is 7.05 Å². The molecule has 5 nitrogen and oxygen atoms in total. The predicted molar refractivity (Wildman–Crippen MR) is 72.6 cm³/mol. The summed E-state index contributed by atoms with van der Waals surface area (Å²) in [6.45, 7) is 6.27. The number of aryl methyl sites for hydroxylation is 1. The number of hydrogen-bond donors (Lipinski definition) is 1. The molecular formula is C13H19N5. The minimum atomic E-state index is 0.371. The predicted octanol–water partition coefficient (Wildman–Crippen LogP) is 2.35. The van der Waals surface area contributed by atoms with E-state index in [2.05, 4.69) is 34.2 Å². The summed E-state index contributed by atoms with van der Waals surface area (Å²) in [5.41, 5.74) is 3.09. The van der Waals surface area contributed by atoms with E-state index < -0.39 is 0 Å². The molecule has 0 aromatic carbocycles. The Hall–Kier alpha value is -1.91. The van der Waals surface area contributed by atoms with E-state index in [1.54, 1.807) is 0 Å². The molecular weight excluding hydrogens is 226 g/mol. The maximum atomic E-state index is 4.62. The summed E-state index contributed by atoms with van der Waals surface area (Å²) in [7, 11) is 3.79. The molecule has 0 amide bonds. The summed E-state index contributed by atoms with van der Waals surface area (Å²) >= 11 is 0. The van der Waals surface area contributed by atoms with Crippen LogP contribution in [0.1, 0.15) is 31.2 Å². The van der Waals surface area contributed by atoms with Gasteiger partial charge in [0.1, 0.15) is 5.82 Å². The summed E-state index contributed by atoms with van der Waals surface area (Å²) in [4.78, 5) is 9.12. The van der Waals surface area contributed by atoms with E-state index >= 15 is 0 Å². The van der Waals surface area contributed by atoms with Crippen molar-refractivity contribution in [3.05, 3.63) is 23.7 Å². The number of aromatic nitrogens is 4. The minimum absolute atomic E-state index is 0.371. The van der Waals surface area contributed by atoms with E-state index in [0.29, 0.717) is 5.92 Å². The lowest BCUT2D eigenvalue weighted by Gasteiger charge is -2.09. The topological polar surface area (TPSA) is 55.6 Å². The molecule has 2 aromatic rings. The zero-order valence-electron chi connectivity index (χ0n) is 11.5. The highest BCUT2D eigenvalue weighted by Crippen LogP contribution is 2.23. The van der Waals surface area contributed by atoms with Crippen LogP contribution >= 0.6 is 0 Å². The van der Waals surface area contributed by atoms with Gasteiger partial charge in [-0.2, -0.15) is 5.10 Å². The average Bonchev–Trinajstić information content (AvgIpc) is 2.69. The average molecular weight is 245 g/mol. The Balaban J connectivity index is 2.56. The third kappa shape index (κ3) is 2.20. The van der Waals surface area contributed by atoms with E-state index in [-0.39, 0.29) is 0 Å². The van der Waals surface area contributed by atoms with Crippen LogP contribution in [0.4, 0.5) is 5.82 Å². The van der Waals surface area contributed by atoms with Gasteiger partial charge < -0.3 is 5.32 Å². The maximum Gasteiger partial charge on any atom is 0.165 e. The van der Waals surface area contributed by atoms with E-state index in [1.165, 1.54) is 0 Å². The third-order valence-electron chi connectivity index (χ3n) is 3.07. The number of hydrogen-bond acceptors (Lipinski definition) is 4. The second-order valence-corrected chi connectivity index (χ2v) is 4.67. The SMILES string of the molecule is CNc1cc(C(C)C)nc(-c2cnn(C)c2C)n1. The quantitative estimate of drug-likeness (QED) is 0.901. The maximum absolute atomic E-state index is 4.62. The van der Waals surface area contributed by atoms with Crippen molar-refractivity contribution in [3.8, 4) is 11.4 Å². The van der Waals surface area contributed by atoms with Crippen molar-refractivity contribution in [2.45, 2.75) is 26.7 Å². The van der Waals surface area contributed by atoms with Crippen molar-refractivity contribution >= 4 is 5.82 Å². The summed E-state index contributed by atoms with van der Waals surface area (Å²) in [5, 5.41) is 7.32. The van der Waals surface area contributed by atoms with Gasteiger partial charge in [0.05, 0.1) is 11.8 Å². The standard InChI is InChI=1S/C13H19N5/c1-8(2)11-6-12(14-4)17-13(16-11)10-7-15-18(5)9(10)3/h6-8H,1-5H3,(H,14,16,17). The molecule has 96 valence electrons. The first-order chi connectivity index (χ1) is 8.52. The molecule has 0 atom stereocenters. The molecule has 18 heavy (non-hydrogen) atoms. The molecule has 0 fully saturated rings. The third-order valence-corrected chi connectivity index (χ3v) is 3.07. The highest BCUT2D eigenvalue weighted by atomic mass is 15.3. The van der Waals surface area contributed by atoms with E-state index in [9.17, 15) is 0 Å². The molecule has 2 heterocycles. The van der Waals surface area contributed by atoms with Gasteiger partial charge in [0.2, 0.25) is 0 Å². The number of anilines is 1. The molecule has 0 saturated heterocycles. The highest BCUT2D eigenvalue weighted by Gasteiger charge is 2.13. The molecule has 0 aliphatic rings. The molecule has 0 bridgehead atoms. The first-order valence-electron chi connectivity index (χ1n) is 6.08. The molecule has 0 aliphatic heterocycles. The Morgan fingerprint density at radius 2 is 2.00 bits per heavy atom. The normalized spacial score (nSPS) is 11.0. The number of nitrogens with one attached hydrogen (secondary N) is 1. The lowest BCUT2D eigenvalue weighted by atomic mass is 10.1. The van der Waals surface area contributed by atoms with Gasteiger partial charge in [-0.3, -0.25) is 4.68 Å². The smallest absolute Gasteiger partial charge is 0.165 e. The Labute approximate surface area is 107 Å². The fraction of sp³-hybridized carbons (Fsp3) is 0.462. The van der Waals surface area contributed by atoms with Gasteiger partial charge in [-0.1, -0.05) is 13.8 Å². The van der Waals surface area contributed by atoms with Gasteiger partial charge in [0.15, 0.2) is 5.82 Å². The van der Waals surface area contributed by atoms with Crippen LogP contribution in [0.3, 0.4) is 0 Å². The summed E-state index contributed by atoms with van der Waals surface area (Å²) in [6.07, 6.45) is 1.81. The molecule has 5 heteroatoms. The Bertz CT molecular complexity index is 557. The molecule has 2 rings (SSSR count). The second-order valence-electron chi connectivity index (χ2n) is 4.67. The zero-order valence-corrected chi connectivity index (χ0v) is 11.5. The summed E-state index contributed by atoms with van der Waals surface area (Å²) in [5.74, 6) is 1.94. The van der Waals surface area contributed by atoms with Gasteiger partial charge in [-0.15, -0.1) is 0 Å². The van der Waals surface area contributed by atoms with Crippen LogP contribution < -0.4 is 5.32 Å². The van der Waals surface area contributed by atoms with Crippen LogP contribution in [0.15, 0.2) is 12.3 Å². The fourth-order valence-corrected chi connectivity index (χ4v) is 1.73. The van der Waals surface area contributed by atoms with Crippen LogP contribution in [0, 0.1) is 6.92 Å². The molecule has 0 unspecified atom stereocenters. The minimum Gasteiger partial charge on any atom is -0.373 e. The Morgan fingerprint density at radius 1 is 1.28 bits per heavy atom. The van der Waals surface area contributed by atoms with E-state index in [1.807, 2.05) is 38.0 Å². The first-order valence-corrected chi connectivity index (χ1v) is 6.08. The van der Waals surface area contributed by atoms with Gasteiger partial charge in [0.25, 0.3) is 0 Å². The van der Waals surface area contributed by atoms with Crippen molar-refractivity contribution in [1.82, 2.24) is 19.7 Å². The van der Waals surface area contributed by atoms with E-state index in [0.717, 1.165) is 28.6 Å². The van der Waals surface area contributed by atoms with Crippen LogP contribution in [0.2, 0.25) is 0 Å². The largest absolute Gasteiger partial charge is 0.373 e. The van der Waals surface area contributed by atoms with Crippen LogP contribution in [-0.2, 0) is 7.05 Å². The lowest BCUT2D eigenvalue weighted by molar-refractivity contribution is 0.740. The van der Waals surface area contributed by atoms with Gasteiger partial charge >= 0.3 is 0 Å². The first kappa shape index (κ1) is 12.5. The zero-order chi connectivity index (χ0) is 13.3. The molecule has 0 saturated carbocycles. The van der Waals surface area contributed by atoms with Crippen molar-refractivity contribution < 1.29 is 0 Å². The molecule has 2 aromatic heterocycles. The lowest BCUT2D eigenvalue weighted by Crippen LogP contribution is -2.02. The summed E-state index contributed by atoms with van der Waals surface area (Å²) < 4.78 is 1.83. The van der Waals surface area contributed by atoms with Crippen molar-refractivity contribution in [1.29, 1.82) is 0 Å². The molecule has 0 aliphatic carbocycles. The van der Waals surface area contributed by atoms with Crippen LogP contribution in [0.5, 0.6) is 0 Å². The Kier molecular flexibility index (Phi) is 3.32. The molecule has 1 N–H and O–H groups in total. The summed E-state index contributed by atoms with van der Waals surface area (Å²) in [6, 6.07) is 1.99. The number of rotatable bonds is 3. The Morgan fingerprint density at radius 3 is 2.50 bits per heavy atom.